The maximum atomic E-state index is 11.3. The molecule has 0 unspecified atom stereocenters. The van der Waals surface area contributed by atoms with Crippen LogP contribution in [0.15, 0.2) is 12.1 Å². The maximum Gasteiger partial charge on any atom is 0.379 e. The van der Waals surface area contributed by atoms with Gasteiger partial charge in [0.2, 0.25) is 0 Å². The average Bonchev–Trinajstić information content (AvgIpc) is 2.15. The highest BCUT2D eigenvalue weighted by Gasteiger charge is 2.20. The first-order valence-corrected chi connectivity index (χ1v) is 4.26. The summed E-state index contributed by atoms with van der Waals surface area (Å²) in [6.45, 7) is 0. The molecule has 0 fully saturated rings. The van der Waals surface area contributed by atoms with E-state index in [-0.39, 0.29) is 15.9 Å². The van der Waals surface area contributed by atoms with Gasteiger partial charge in [-0.05, 0) is 12.1 Å². The van der Waals surface area contributed by atoms with E-state index in [9.17, 15) is 9.59 Å². The zero-order valence-corrected chi connectivity index (χ0v) is 8.59. The van der Waals surface area contributed by atoms with Crippen LogP contribution in [0.1, 0.15) is 10.4 Å². The summed E-state index contributed by atoms with van der Waals surface area (Å²) in [4.78, 5) is 25.7. The molecular weight excluding hydrogens is 229 g/mol. The molecule has 6 heteroatoms. The van der Waals surface area contributed by atoms with Crippen molar-refractivity contribution >= 4 is 35.0 Å². The van der Waals surface area contributed by atoms with Crippen molar-refractivity contribution in [3.8, 4) is 0 Å². The number of esters is 1. The molecule has 0 spiro atoms. The lowest BCUT2D eigenvalue weighted by atomic mass is 10.2. The fourth-order valence-electron chi connectivity index (χ4n) is 0.784. The molecule has 0 amide bonds. The summed E-state index contributed by atoms with van der Waals surface area (Å²) in [5, 5.41) is 0.0318. The van der Waals surface area contributed by atoms with Gasteiger partial charge in [0.05, 0.1) is 12.7 Å². The Morgan fingerprint density at radius 1 is 1.36 bits per heavy atom. The van der Waals surface area contributed by atoms with Crippen LogP contribution >= 0.6 is 23.2 Å². The van der Waals surface area contributed by atoms with Crippen molar-refractivity contribution in [2.75, 3.05) is 7.11 Å². The van der Waals surface area contributed by atoms with Crippen LogP contribution in [0, 0.1) is 0 Å². The van der Waals surface area contributed by atoms with Gasteiger partial charge in [-0.1, -0.05) is 23.2 Å². The lowest BCUT2D eigenvalue weighted by Gasteiger charge is -2.00. The first-order chi connectivity index (χ1) is 6.56. The van der Waals surface area contributed by atoms with Crippen LogP contribution in [0.2, 0.25) is 10.3 Å². The summed E-state index contributed by atoms with van der Waals surface area (Å²) in [5.74, 6) is -1.84. The van der Waals surface area contributed by atoms with E-state index in [1.54, 1.807) is 0 Å². The monoisotopic (exact) mass is 233 g/mol. The number of nitrogens with zero attached hydrogens (tertiary/aromatic N) is 1. The number of rotatable bonds is 2. The molecule has 14 heavy (non-hydrogen) atoms. The number of halogens is 2. The van der Waals surface area contributed by atoms with Gasteiger partial charge in [0, 0.05) is 0 Å². The Morgan fingerprint density at radius 3 is 2.50 bits per heavy atom. The molecule has 1 heterocycles. The van der Waals surface area contributed by atoms with Gasteiger partial charge < -0.3 is 4.74 Å². The molecule has 0 aliphatic heterocycles. The molecule has 1 aromatic heterocycles. The van der Waals surface area contributed by atoms with Crippen LogP contribution in [-0.2, 0) is 9.53 Å². The molecule has 0 aliphatic carbocycles. The SMILES string of the molecule is COC(=O)C(=O)c1ccc(Cl)nc1Cl. The van der Waals surface area contributed by atoms with Crippen molar-refractivity contribution < 1.29 is 14.3 Å². The number of ether oxygens (including phenoxy) is 1. The first kappa shape index (κ1) is 10.9. The molecule has 0 bridgehead atoms. The second kappa shape index (κ2) is 4.39. The van der Waals surface area contributed by atoms with E-state index < -0.39 is 11.8 Å². The molecule has 74 valence electrons. The third-order valence-electron chi connectivity index (χ3n) is 1.43. The largest absolute Gasteiger partial charge is 0.463 e. The Bertz CT molecular complexity index is 392. The highest BCUT2D eigenvalue weighted by molar-refractivity contribution is 6.45. The molecule has 0 saturated carbocycles. The number of carbonyl (C=O) groups is 2. The van der Waals surface area contributed by atoms with E-state index in [0.29, 0.717) is 0 Å². The Hall–Kier alpha value is -1.13. The summed E-state index contributed by atoms with van der Waals surface area (Å²) in [6.07, 6.45) is 0. The lowest BCUT2D eigenvalue weighted by molar-refractivity contribution is -0.135. The molecule has 0 aromatic carbocycles. The minimum absolute atomic E-state index is 0.0251. The van der Waals surface area contributed by atoms with Crippen LogP contribution < -0.4 is 0 Å². The molecule has 4 nitrogen and oxygen atoms in total. The van der Waals surface area contributed by atoms with Gasteiger partial charge in [-0.25, -0.2) is 9.78 Å². The van der Waals surface area contributed by atoms with Crippen LogP contribution in [0.3, 0.4) is 0 Å². The number of pyridine rings is 1. The van der Waals surface area contributed by atoms with Crippen molar-refractivity contribution in [1.29, 1.82) is 0 Å². The number of hydrogen-bond acceptors (Lipinski definition) is 4. The Labute approximate surface area is 89.8 Å². The van der Waals surface area contributed by atoms with E-state index in [2.05, 4.69) is 9.72 Å². The van der Waals surface area contributed by atoms with Crippen LogP contribution in [0.25, 0.3) is 0 Å². The zero-order valence-electron chi connectivity index (χ0n) is 7.08. The number of ketones is 1. The fourth-order valence-corrected chi connectivity index (χ4v) is 1.21. The molecule has 0 atom stereocenters. The number of hydrogen-bond donors (Lipinski definition) is 0. The normalized spacial score (nSPS) is 9.64. The second-order valence-electron chi connectivity index (χ2n) is 2.29. The van der Waals surface area contributed by atoms with Crippen molar-refractivity contribution in [3.05, 3.63) is 28.0 Å². The summed E-state index contributed by atoms with van der Waals surface area (Å²) in [7, 11) is 1.11. The molecule has 0 aliphatic rings. The van der Waals surface area contributed by atoms with Gasteiger partial charge in [0.1, 0.15) is 10.3 Å². The van der Waals surface area contributed by atoms with E-state index in [1.807, 2.05) is 0 Å². The first-order valence-electron chi connectivity index (χ1n) is 3.51. The van der Waals surface area contributed by atoms with Crippen molar-refractivity contribution in [1.82, 2.24) is 4.98 Å². The smallest absolute Gasteiger partial charge is 0.379 e. The maximum absolute atomic E-state index is 11.3. The van der Waals surface area contributed by atoms with Gasteiger partial charge in [0.15, 0.2) is 0 Å². The van der Waals surface area contributed by atoms with E-state index in [1.165, 1.54) is 12.1 Å². The predicted octanol–water partition coefficient (Wildman–Crippen LogP) is 1.74. The summed E-state index contributed by atoms with van der Waals surface area (Å²) >= 11 is 11.1. The summed E-state index contributed by atoms with van der Waals surface area (Å²) in [6, 6.07) is 2.68. The van der Waals surface area contributed by atoms with Gasteiger partial charge in [0.25, 0.3) is 5.78 Å². The van der Waals surface area contributed by atoms with Crippen LogP contribution in [0.5, 0.6) is 0 Å². The highest BCUT2D eigenvalue weighted by atomic mass is 35.5. The summed E-state index contributed by atoms with van der Waals surface area (Å²) < 4.78 is 4.24. The van der Waals surface area contributed by atoms with Gasteiger partial charge in [-0.3, -0.25) is 4.79 Å². The molecule has 0 N–H and O–H groups in total. The molecule has 0 radical (unpaired) electrons. The number of Topliss-reactive ketones (excluding diaryl/α,β-unsaturated/α-hetero) is 1. The minimum Gasteiger partial charge on any atom is -0.463 e. The van der Waals surface area contributed by atoms with E-state index >= 15 is 0 Å². The van der Waals surface area contributed by atoms with Crippen molar-refractivity contribution in [2.45, 2.75) is 0 Å². The molecule has 1 aromatic rings. The van der Waals surface area contributed by atoms with Crippen molar-refractivity contribution in [2.24, 2.45) is 0 Å². The van der Waals surface area contributed by atoms with Crippen molar-refractivity contribution in [3.63, 3.8) is 0 Å². The number of carbonyl (C=O) groups excluding carboxylic acids is 2. The minimum atomic E-state index is -0.990. The quantitative estimate of drug-likeness (QED) is 0.338. The second-order valence-corrected chi connectivity index (χ2v) is 3.04. The van der Waals surface area contributed by atoms with Crippen LogP contribution in [0.4, 0.5) is 0 Å². The topological polar surface area (TPSA) is 56.3 Å². The predicted molar refractivity (Wildman–Crippen MR) is 50.6 cm³/mol. The molecule has 0 saturated heterocycles. The number of aromatic nitrogens is 1. The van der Waals surface area contributed by atoms with E-state index in [4.69, 9.17) is 23.2 Å². The fraction of sp³-hybridized carbons (Fsp3) is 0.125. The van der Waals surface area contributed by atoms with Gasteiger partial charge in [-0.2, -0.15) is 0 Å². The van der Waals surface area contributed by atoms with E-state index in [0.717, 1.165) is 7.11 Å². The average molecular weight is 234 g/mol. The third kappa shape index (κ3) is 2.21. The van der Waals surface area contributed by atoms with Crippen LogP contribution in [-0.4, -0.2) is 23.8 Å². The third-order valence-corrected chi connectivity index (χ3v) is 1.93. The lowest BCUT2D eigenvalue weighted by Crippen LogP contribution is -2.16. The number of methoxy groups -OCH3 is 1. The highest BCUT2D eigenvalue weighted by Crippen LogP contribution is 2.17. The summed E-state index contributed by atoms with van der Waals surface area (Å²) in [5.41, 5.74) is -0.0251. The zero-order chi connectivity index (χ0) is 10.7. The Morgan fingerprint density at radius 2 is 2.00 bits per heavy atom. The standard InChI is InChI=1S/C8H5Cl2NO3/c1-14-8(13)6(12)4-2-3-5(9)11-7(4)10/h2-3H,1H3. The van der Waals surface area contributed by atoms with Gasteiger partial charge in [-0.15, -0.1) is 0 Å². The van der Waals surface area contributed by atoms with Gasteiger partial charge >= 0.3 is 5.97 Å². The molecule has 1 rings (SSSR count). The molecular formula is C8H5Cl2NO3. The Kier molecular flexibility index (Phi) is 3.43. The Balaban J connectivity index is 3.08.